The van der Waals surface area contributed by atoms with Gasteiger partial charge in [0.25, 0.3) is 5.91 Å². The fraction of sp³-hybridized carbons (Fsp3) is 0.438. The molecule has 1 aromatic rings. The molecule has 1 aliphatic heterocycles. The minimum Gasteiger partial charge on any atom is -0.482 e. The van der Waals surface area contributed by atoms with Gasteiger partial charge in [0.05, 0.1) is 11.6 Å². The maximum absolute atomic E-state index is 12.1. The Morgan fingerprint density at radius 1 is 1.27 bits per heavy atom. The van der Waals surface area contributed by atoms with E-state index in [4.69, 9.17) is 9.47 Å². The fourth-order valence-electron chi connectivity index (χ4n) is 2.76. The molecule has 1 aromatic carbocycles. The quantitative estimate of drug-likeness (QED) is 0.679. The normalized spacial score (nSPS) is 17.4. The molecule has 1 fully saturated rings. The predicted octanol–water partition coefficient (Wildman–Crippen LogP) is 1.93. The molecule has 3 rings (SSSR count). The fourth-order valence-corrected chi connectivity index (χ4v) is 2.76. The zero-order chi connectivity index (χ0) is 15.5. The molecule has 0 spiro atoms. The number of Topliss-reactive ketones (excluding diaryl/α,β-unsaturated/α-hetero) is 1. The number of hydrogen-bond acceptors (Lipinski definition) is 5. The van der Waals surface area contributed by atoms with Gasteiger partial charge in [-0.25, -0.2) is 0 Å². The van der Waals surface area contributed by atoms with Gasteiger partial charge in [-0.3, -0.25) is 14.4 Å². The third-order valence-electron chi connectivity index (χ3n) is 3.97. The number of nitrogens with one attached hydrogen (secondary N) is 1. The Hall–Kier alpha value is -2.37. The van der Waals surface area contributed by atoms with Crippen molar-refractivity contribution in [3.8, 4) is 5.75 Å². The zero-order valence-corrected chi connectivity index (χ0v) is 12.1. The van der Waals surface area contributed by atoms with Crippen molar-refractivity contribution in [1.29, 1.82) is 0 Å². The van der Waals surface area contributed by atoms with Crippen molar-refractivity contribution in [2.24, 2.45) is 5.92 Å². The molecule has 22 heavy (non-hydrogen) atoms. The van der Waals surface area contributed by atoms with Crippen molar-refractivity contribution >= 4 is 23.3 Å². The highest BCUT2D eigenvalue weighted by Gasteiger charge is 2.25. The van der Waals surface area contributed by atoms with Crippen molar-refractivity contribution in [3.63, 3.8) is 0 Å². The molecule has 0 atom stereocenters. The highest BCUT2D eigenvalue weighted by molar-refractivity contribution is 6.01. The third-order valence-corrected chi connectivity index (χ3v) is 3.97. The number of fused-ring (bicyclic) bond motifs is 1. The van der Waals surface area contributed by atoms with Crippen LogP contribution in [0.15, 0.2) is 18.2 Å². The van der Waals surface area contributed by atoms with Crippen molar-refractivity contribution in [2.75, 3.05) is 18.5 Å². The highest BCUT2D eigenvalue weighted by atomic mass is 16.5. The van der Waals surface area contributed by atoms with Gasteiger partial charge in [0.2, 0.25) is 0 Å². The summed E-state index contributed by atoms with van der Waals surface area (Å²) in [5, 5.41) is 2.64. The monoisotopic (exact) mass is 303 g/mol. The summed E-state index contributed by atoms with van der Waals surface area (Å²) >= 11 is 0. The minimum absolute atomic E-state index is 0.0285. The van der Waals surface area contributed by atoms with Crippen molar-refractivity contribution in [2.45, 2.75) is 25.7 Å². The summed E-state index contributed by atoms with van der Waals surface area (Å²) in [5.74, 6) is -0.387. The van der Waals surface area contributed by atoms with E-state index in [9.17, 15) is 14.4 Å². The molecule has 0 saturated heterocycles. The molecule has 0 bridgehead atoms. The van der Waals surface area contributed by atoms with E-state index in [1.54, 1.807) is 12.1 Å². The van der Waals surface area contributed by atoms with Gasteiger partial charge in [0, 0.05) is 5.56 Å². The number of rotatable bonds is 4. The number of carbonyl (C=O) groups excluding carboxylic acids is 3. The lowest BCUT2D eigenvalue weighted by Crippen LogP contribution is -2.25. The molecule has 1 amide bonds. The lowest BCUT2D eigenvalue weighted by molar-refractivity contribution is -0.147. The van der Waals surface area contributed by atoms with Crippen LogP contribution in [0.5, 0.6) is 5.75 Å². The van der Waals surface area contributed by atoms with Crippen LogP contribution in [0.2, 0.25) is 0 Å². The van der Waals surface area contributed by atoms with Crippen LogP contribution in [-0.4, -0.2) is 30.9 Å². The van der Waals surface area contributed by atoms with Crippen LogP contribution in [-0.2, 0) is 14.3 Å². The first-order valence-electron chi connectivity index (χ1n) is 7.40. The van der Waals surface area contributed by atoms with Crippen LogP contribution in [0.3, 0.4) is 0 Å². The average molecular weight is 303 g/mol. The second kappa shape index (κ2) is 6.17. The van der Waals surface area contributed by atoms with Gasteiger partial charge in [0.15, 0.2) is 19.0 Å². The van der Waals surface area contributed by atoms with Crippen molar-refractivity contribution in [1.82, 2.24) is 0 Å². The topological polar surface area (TPSA) is 81.7 Å². The van der Waals surface area contributed by atoms with E-state index in [2.05, 4.69) is 5.32 Å². The maximum Gasteiger partial charge on any atom is 0.309 e. The molecule has 0 unspecified atom stereocenters. The number of ketones is 1. The van der Waals surface area contributed by atoms with Crippen molar-refractivity contribution < 1.29 is 23.9 Å². The van der Waals surface area contributed by atoms with Crippen molar-refractivity contribution in [3.05, 3.63) is 23.8 Å². The summed E-state index contributed by atoms with van der Waals surface area (Å²) in [6.07, 6.45) is 3.76. The van der Waals surface area contributed by atoms with Crippen LogP contribution < -0.4 is 10.1 Å². The molecule has 1 N–H and O–H groups in total. The molecule has 6 nitrogen and oxygen atoms in total. The first-order chi connectivity index (χ1) is 10.6. The maximum atomic E-state index is 12.1. The smallest absolute Gasteiger partial charge is 0.309 e. The van der Waals surface area contributed by atoms with Crippen LogP contribution in [0.25, 0.3) is 0 Å². The van der Waals surface area contributed by atoms with Gasteiger partial charge in [-0.2, -0.15) is 0 Å². The molecule has 1 heterocycles. The Bertz CT molecular complexity index is 619. The number of benzene rings is 1. The molecule has 1 aliphatic carbocycles. The summed E-state index contributed by atoms with van der Waals surface area (Å²) in [6.45, 7) is -0.303. The summed E-state index contributed by atoms with van der Waals surface area (Å²) in [7, 11) is 0. The molecular formula is C16H17NO5. The van der Waals surface area contributed by atoms with E-state index < -0.39 is 0 Å². The second-order valence-electron chi connectivity index (χ2n) is 5.56. The summed E-state index contributed by atoms with van der Waals surface area (Å²) in [6, 6.07) is 4.76. The van der Waals surface area contributed by atoms with E-state index in [1.165, 1.54) is 6.07 Å². The molecule has 6 heteroatoms. The molecular weight excluding hydrogens is 286 g/mol. The lowest BCUT2D eigenvalue weighted by atomic mass is 10.1. The largest absolute Gasteiger partial charge is 0.482 e. The van der Waals surface area contributed by atoms with E-state index in [-0.39, 0.29) is 36.8 Å². The average Bonchev–Trinajstić information content (AvgIpc) is 3.06. The Balaban J connectivity index is 1.61. The minimum atomic E-state index is -0.297. The Kier molecular flexibility index (Phi) is 4.09. The van der Waals surface area contributed by atoms with Crippen LogP contribution in [0.1, 0.15) is 36.0 Å². The molecule has 1 saturated carbocycles. The number of ether oxygens (including phenoxy) is 2. The standard InChI is InChI=1S/C16H17NO5/c18-13(8-22-16(20)10-3-1-2-4-10)11-5-6-14-12(7-11)17-15(19)9-21-14/h5-7,10H,1-4,8-9H2,(H,17,19). The highest BCUT2D eigenvalue weighted by Crippen LogP contribution is 2.29. The number of carbonyl (C=O) groups is 3. The lowest BCUT2D eigenvalue weighted by Gasteiger charge is -2.18. The number of hydrogen-bond donors (Lipinski definition) is 1. The zero-order valence-electron chi connectivity index (χ0n) is 12.1. The van der Waals surface area contributed by atoms with Gasteiger partial charge in [-0.15, -0.1) is 0 Å². The number of amides is 1. The first-order valence-corrected chi connectivity index (χ1v) is 7.40. The second-order valence-corrected chi connectivity index (χ2v) is 5.56. The summed E-state index contributed by atoms with van der Waals surface area (Å²) in [5.41, 5.74) is 0.841. The summed E-state index contributed by atoms with van der Waals surface area (Å²) < 4.78 is 10.3. The van der Waals surface area contributed by atoms with Gasteiger partial charge in [-0.1, -0.05) is 12.8 Å². The van der Waals surface area contributed by atoms with Gasteiger partial charge in [0.1, 0.15) is 5.75 Å². The molecule has 116 valence electrons. The van der Waals surface area contributed by atoms with Gasteiger partial charge >= 0.3 is 5.97 Å². The SMILES string of the molecule is O=C1COc2ccc(C(=O)COC(=O)C3CCCC3)cc2N1. The van der Waals surface area contributed by atoms with E-state index in [1.807, 2.05) is 0 Å². The Labute approximate surface area is 127 Å². The van der Waals surface area contributed by atoms with E-state index >= 15 is 0 Å². The molecule has 0 radical (unpaired) electrons. The number of esters is 1. The Morgan fingerprint density at radius 2 is 2.05 bits per heavy atom. The van der Waals surface area contributed by atoms with Gasteiger partial charge in [-0.05, 0) is 31.0 Å². The third kappa shape index (κ3) is 3.10. The van der Waals surface area contributed by atoms with Crippen LogP contribution in [0, 0.1) is 5.92 Å². The van der Waals surface area contributed by atoms with Gasteiger partial charge < -0.3 is 14.8 Å². The number of anilines is 1. The Morgan fingerprint density at radius 3 is 2.82 bits per heavy atom. The van der Waals surface area contributed by atoms with Crippen LogP contribution in [0.4, 0.5) is 5.69 Å². The molecule has 0 aromatic heterocycles. The summed E-state index contributed by atoms with van der Waals surface area (Å²) in [4.78, 5) is 35.2. The first kappa shape index (κ1) is 14.6. The molecule has 2 aliphatic rings. The van der Waals surface area contributed by atoms with Crippen LogP contribution >= 0.6 is 0 Å². The van der Waals surface area contributed by atoms with E-state index in [0.717, 1.165) is 25.7 Å². The predicted molar refractivity (Wildman–Crippen MR) is 77.8 cm³/mol. The van der Waals surface area contributed by atoms with E-state index in [0.29, 0.717) is 17.0 Å².